The normalized spacial score (nSPS) is 13.9. The first-order valence-electron chi connectivity index (χ1n) is 7.37. The van der Waals surface area contributed by atoms with Gasteiger partial charge in [0.15, 0.2) is 0 Å². The maximum atomic E-state index is 13.5. The number of amides is 1. The number of carbonyl (C=O) groups excluding carboxylic acids is 1. The molecule has 0 radical (unpaired) electrons. The van der Waals surface area contributed by atoms with Crippen molar-refractivity contribution in [2.24, 2.45) is 0 Å². The van der Waals surface area contributed by atoms with E-state index in [4.69, 9.17) is 0 Å². The summed E-state index contributed by atoms with van der Waals surface area (Å²) >= 11 is 1.45. The fourth-order valence-electron chi connectivity index (χ4n) is 2.90. The van der Waals surface area contributed by atoms with Crippen LogP contribution in [0.15, 0.2) is 41.8 Å². The summed E-state index contributed by atoms with van der Waals surface area (Å²) in [5, 5.41) is 9.27. The minimum atomic E-state index is -0.290. The third kappa shape index (κ3) is 2.55. The standard InChI is InChI=1S/C17H14FN3OS/c18-12-4-1-3-11(9-12)16-13-10-21(7-6-14(13)19-20-16)17(22)15-5-2-8-23-15/h1-5,8-9H,6-7,10H2,(H,19,20). The molecule has 1 amide bonds. The zero-order valence-corrected chi connectivity index (χ0v) is 13.1. The maximum Gasteiger partial charge on any atom is 0.264 e. The average molecular weight is 327 g/mol. The van der Waals surface area contributed by atoms with E-state index in [1.165, 1.54) is 23.5 Å². The first-order chi connectivity index (χ1) is 11.2. The molecule has 0 atom stereocenters. The summed E-state index contributed by atoms with van der Waals surface area (Å²) in [5.41, 5.74) is 3.46. The fraction of sp³-hybridized carbons (Fsp3) is 0.176. The molecule has 0 bridgehead atoms. The Kier molecular flexibility index (Phi) is 3.46. The highest BCUT2D eigenvalue weighted by atomic mass is 32.1. The van der Waals surface area contributed by atoms with Crippen LogP contribution >= 0.6 is 11.3 Å². The number of hydrogen-bond acceptors (Lipinski definition) is 3. The Bertz CT molecular complexity index is 857. The van der Waals surface area contributed by atoms with E-state index in [9.17, 15) is 9.18 Å². The van der Waals surface area contributed by atoms with Gasteiger partial charge >= 0.3 is 0 Å². The second kappa shape index (κ2) is 5.62. The number of rotatable bonds is 2. The molecule has 0 aliphatic carbocycles. The van der Waals surface area contributed by atoms with Gasteiger partial charge in [-0.25, -0.2) is 4.39 Å². The Hall–Kier alpha value is -2.47. The lowest BCUT2D eigenvalue weighted by atomic mass is 10.0. The van der Waals surface area contributed by atoms with Gasteiger partial charge < -0.3 is 4.90 Å². The maximum absolute atomic E-state index is 13.5. The lowest BCUT2D eigenvalue weighted by molar-refractivity contribution is 0.0739. The molecule has 2 aromatic heterocycles. The predicted octanol–water partition coefficient (Wildman–Crippen LogP) is 3.48. The number of aromatic amines is 1. The molecule has 3 aromatic rings. The summed E-state index contributed by atoms with van der Waals surface area (Å²) < 4.78 is 13.5. The van der Waals surface area contributed by atoms with E-state index in [2.05, 4.69) is 10.2 Å². The van der Waals surface area contributed by atoms with Gasteiger partial charge in [0, 0.05) is 36.3 Å². The predicted molar refractivity (Wildman–Crippen MR) is 86.7 cm³/mol. The SMILES string of the molecule is O=C(c1cccs1)N1CCc2[nH]nc(-c3cccc(F)c3)c2C1. The summed E-state index contributed by atoms with van der Waals surface area (Å²) in [4.78, 5) is 15.1. The van der Waals surface area contributed by atoms with Crippen molar-refractivity contribution in [1.29, 1.82) is 0 Å². The summed E-state index contributed by atoms with van der Waals surface area (Å²) in [6.45, 7) is 1.16. The number of nitrogens with zero attached hydrogens (tertiary/aromatic N) is 2. The lowest BCUT2D eigenvalue weighted by Gasteiger charge is -2.26. The van der Waals surface area contributed by atoms with Crippen molar-refractivity contribution in [1.82, 2.24) is 15.1 Å². The molecule has 0 saturated carbocycles. The third-order valence-electron chi connectivity index (χ3n) is 4.05. The van der Waals surface area contributed by atoms with Gasteiger partial charge in [0.2, 0.25) is 0 Å². The molecule has 0 spiro atoms. The van der Waals surface area contributed by atoms with Crippen LogP contribution in [0.4, 0.5) is 4.39 Å². The van der Waals surface area contributed by atoms with Crippen LogP contribution in [0.5, 0.6) is 0 Å². The minimum Gasteiger partial charge on any atom is -0.333 e. The van der Waals surface area contributed by atoms with Gasteiger partial charge in [-0.05, 0) is 23.6 Å². The van der Waals surface area contributed by atoms with Crippen molar-refractivity contribution >= 4 is 17.2 Å². The largest absolute Gasteiger partial charge is 0.333 e. The average Bonchev–Trinajstić information content (AvgIpc) is 3.23. The molecule has 1 aromatic carbocycles. The van der Waals surface area contributed by atoms with Crippen molar-refractivity contribution in [2.45, 2.75) is 13.0 Å². The number of carbonyl (C=O) groups is 1. The van der Waals surface area contributed by atoms with Crippen LogP contribution in [0.25, 0.3) is 11.3 Å². The third-order valence-corrected chi connectivity index (χ3v) is 4.91. The number of fused-ring (bicyclic) bond motifs is 1. The van der Waals surface area contributed by atoms with Crippen LogP contribution in [0.2, 0.25) is 0 Å². The Morgan fingerprint density at radius 2 is 2.22 bits per heavy atom. The van der Waals surface area contributed by atoms with E-state index in [0.29, 0.717) is 13.1 Å². The second-order valence-corrected chi connectivity index (χ2v) is 6.44. The zero-order chi connectivity index (χ0) is 15.8. The number of hydrogen-bond donors (Lipinski definition) is 1. The van der Waals surface area contributed by atoms with Crippen LogP contribution < -0.4 is 0 Å². The monoisotopic (exact) mass is 327 g/mol. The van der Waals surface area contributed by atoms with Crippen LogP contribution in [-0.4, -0.2) is 27.5 Å². The van der Waals surface area contributed by atoms with E-state index >= 15 is 0 Å². The zero-order valence-electron chi connectivity index (χ0n) is 12.3. The Morgan fingerprint density at radius 3 is 3.00 bits per heavy atom. The van der Waals surface area contributed by atoms with E-state index in [1.807, 2.05) is 28.5 Å². The van der Waals surface area contributed by atoms with Gasteiger partial charge in [0.05, 0.1) is 10.6 Å². The molecule has 3 heterocycles. The number of thiophene rings is 1. The van der Waals surface area contributed by atoms with Crippen molar-refractivity contribution in [3.63, 3.8) is 0 Å². The van der Waals surface area contributed by atoms with Gasteiger partial charge in [-0.1, -0.05) is 18.2 Å². The van der Waals surface area contributed by atoms with Crippen LogP contribution in [-0.2, 0) is 13.0 Å². The van der Waals surface area contributed by atoms with Gasteiger partial charge in [0.25, 0.3) is 5.91 Å². The molecule has 0 fully saturated rings. The van der Waals surface area contributed by atoms with E-state index in [0.717, 1.165) is 33.8 Å². The Labute approximate surface area is 136 Å². The lowest BCUT2D eigenvalue weighted by Crippen LogP contribution is -2.35. The van der Waals surface area contributed by atoms with Gasteiger partial charge in [0.1, 0.15) is 5.82 Å². The number of aromatic nitrogens is 2. The molecule has 0 unspecified atom stereocenters. The first kappa shape index (κ1) is 14.1. The minimum absolute atomic E-state index is 0.0389. The molecule has 23 heavy (non-hydrogen) atoms. The van der Waals surface area contributed by atoms with E-state index in [-0.39, 0.29) is 11.7 Å². The van der Waals surface area contributed by atoms with E-state index in [1.54, 1.807) is 6.07 Å². The molecule has 4 rings (SSSR count). The van der Waals surface area contributed by atoms with Gasteiger partial charge in [-0.15, -0.1) is 11.3 Å². The quantitative estimate of drug-likeness (QED) is 0.783. The molecule has 0 saturated heterocycles. The van der Waals surface area contributed by atoms with E-state index < -0.39 is 0 Å². The highest BCUT2D eigenvalue weighted by molar-refractivity contribution is 7.12. The van der Waals surface area contributed by atoms with Gasteiger partial charge in [-0.2, -0.15) is 5.10 Å². The van der Waals surface area contributed by atoms with Crippen molar-refractivity contribution in [2.75, 3.05) is 6.54 Å². The molecule has 1 N–H and O–H groups in total. The smallest absolute Gasteiger partial charge is 0.264 e. The Morgan fingerprint density at radius 1 is 1.30 bits per heavy atom. The summed E-state index contributed by atoms with van der Waals surface area (Å²) in [5.74, 6) is -0.251. The number of H-pyrrole nitrogens is 1. The summed E-state index contributed by atoms with van der Waals surface area (Å²) in [6.07, 6.45) is 0.731. The molecule has 6 heteroatoms. The fourth-order valence-corrected chi connectivity index (χ4v) is 3.59. The first-order valence-corrected chi connectivity index (χ1v) is 8.25. The van der Waals surface area contributed by atoms with Crippen LogP contribution in [0.3, 0.4) is 0 Å². The number of halogens is 1. The number of nitrogens with one attached hydrogen (secondary N) is 1. The second-order valence-electron chi connectivity index (χ2n) is 5.49. The van der Waals surface area contributed by atoms with Crippen LogP contribution in [0.1, 0.15) is 20.9 Å². The molecular formula is C17H14FN3OS. The van der Waals surface area contributed by atoms with Gasteiger partial charge in [-0.3, -0.25) is 9.89 Å². The van der Waals surface area contributed by atoms with Crippen LogP contribution in [0, 0.1) is 5.82 Å². The van der Waals surface area contributed by atoms with Crippen molar-refractivity contribution in [3.05, 3.63) is 63.7 Å². The molecule has 1 aliphatic rings. The highest BCUT2D eigenvalue weighted by Gasteiger charge is 2.26. The molecule has 116 valence electrons. The van der Waals surface area contributed by atoms with Crippen molar-refractivity contribution < 1.29 is 9.18 Å². The van der Waals surface area contributed by atoms with Crippen molar-refractivity contribution in [3.8, 4) is 11.3 Å². The number of benzene rings is 1. The molecular weight excluding hydrogens is 313 g/mol. The summed E-state index contributed by atoms with van der Waals surface area (Å²) in [6, 6.07) is 10.1. The summed E-state index contributed by atoms with van der Waals surface area (Å²) in [7, 11) is 0. The highest BCUT2D eigenvalue weighted by Crippen LogP contribution is 2.29. The topological polar surface area (TPSA) is 49.0 Å². The molecule has 1 aliphatic heterocycles. The Balaban J connectivity index is 1.66. The molecule has 4 nitrogen and oxygen atoms in total.